The molecule has 10 heteroatoms. The van der Waals surface area contributed by atoms with E-state index in [1.807, 2.05) is 0 Å². The molecule has 1 atom stereocenters. The average molecular weight is 401 g/mol. The molecule has 1 unspecified atom stereocenters. The van der Waals surface area contributed by atoms with Crippen molar-refractivity contribution in [3.8, 4) is 0 Å². The molecule has 3 amide bonds. The lowest BCUT2D eigenvalue weighted by Crippen LogP contribution is -2.36. The Labute approximate surface area is 165 Å². The normalized spacial score (nSPS) is 18.6. The number of amides is 3. The first-order chi connectivity index (χ1) is 13.5. The molecule has 0 spiro atoms. The van der Waals surface area contributed by atoms with Crippen LogP contribution < -0.4 is 5.32 Å². The number of ether oxygens (including phenoxy) is 1. The average Bonchev–Trinajstić information content (AvgIpc) is 3.38. The third-order valence-corrected chi connectivity index (χ3v) is 5.39. The summed E-state index contributed by atoms with van der Waals surface area (Å²) in [5.41, 5.74) is 0.860. The Morgan fingerprint density at radius 3 is 2.82 bits per heavy atom. The first-order valence-electron chi connectivity index (χ1n) is 8.96. The van der Waals surface area contributed by atoms with Crippen LogP contribution in [0.4, 0.5) is 0 Å². The highest BCUT2D eigenvalue weighted by Gasteiger charge is 2.37. The second-order valence-corrected chi connectivity index (χ2v) is 7.19. The number of nitrogens with one attached hydrogen (secondary N) is 2. The van der Waals surface area contributed by atoms with Crippen molar-refractivity contribution in [2.24, 2.45) is 7.05 Å². The van der Waals surface area contributed by atoms with E-state index in [1.54, 1.807) is 11.6 Å². The zero-order valence-corrected chi connectivity index (χ0v) is 16.0. The molecule has 1 aromatic carbocycles. The van der Waals surface area contributed by atoms with E-state index in [2.05, 4.69) is 15.5 Å². The van der Waals surface area contributed by atoms with E-state index in [9.17, 15) is 14.4 Å². The summed E-state index contributed by atoms with van der Waals surface area (Å²) in [6.45, 7) is 1.07. The van der Waals surface area contributed by atoms with E-state index in [0.717, 1.165) is 12.8 Å². The molecule has 0 saturated carbocycles. The Kier molecular flexibility index (Phi) is 4.82. The molecule has 2 aromatic rings. The minimum atomic E-state index is -0.389. The standard InChI is InChI=1S/C18H19N5O4S/c1-22-14(20-21-18(22)28)8-19-15(24)10-4-5-12-13(7-10)17(26)23(16(12)25)9-11-3-2-6-27-11/h4-5,7,11H,2-3,6,8-9H2,1H3,(H,19,24)(H,21,28). The number of nitrogens with zero attached hydrogens (tertiary/aromatic N) is 3. The van der Waals surface area contributed by atoms with E-state index >= 15 is 0 Å². The highest BCUT2D eigenvalue weighted by Crippen LogP contribution is 2.26. The minimum Gasteiger partial charge on any atom is -0.376 e. The molecule has 4 rings (SSSR count). The molecule has 9 nitrogen and oxygen atoms in total. The highest BCUT2D eigenvalue weighted by molar-refractivity contribution is 7.71. The lowest BCUT2D eigenvalue weighted by Gasteiger charge is -2.17. The summed E-state index contributed by atoms with van der Waals surface area (Å²) < 4.78 is 7.64. The second-order valence-electron chi connectivity index (χ2n) is 6.80. The van der Waals surface area contributed by atoms with E-state index in [1.165, 1.54) is 23.1 Å². The maximum absolute atomic E-state index is 12.7. The number of hydrogen-bond donors (Lipinski definition) is 2. The van der Waals surface area contributed by atoms with Gasteiger partial charge >= 0.3 is 0 Å². The van der Waals surface area contributed by atoms with Crippen molar-refractivity contribution >= 4 is 29.9 Å². The predicted octanol–water partition coefficient (Wildman–Crippen LogP) is 1.18. The summed E-state index contributed by atoms with van der Waals surface area (Å²) in [5.74, 6) is -0.522. The molecular weight excluding hydrogens is 382 g/mol. The molecule has 28 heavy (non-hydrogen) atoms. The van der Waals surface area contributed by atoms with Gasteiger partial charge in [-0.3, -0.25) is 24.4 Å². The molecule has 2 aliphatic rings. The van der Waals surface area contributed by atoms with Gasteiger partial charge < -0.3 is 14.6 Å². The Balaban J connectivity index is 1.48. The van der Waals surface area contributed by atoms with Crippen LogP contribution in [0.2, 0.25) is 0 Å². The van der Waals surface area contributed by atoms with Crippen molar-refractivity contribution < 1.29 is 19.1 Å². The Hall–Kier alpha value is -2.85. The number of carbonyl (C=O) groups is 3. The first kappa shape index (κ1) is 18.5. The van der Waals surface area contributed by atoms with Crippen molar-refractivity contribution in [2.45, 2.75) is 25.5 Å². The maximum Gasteiger partial charge on any atom is 0.261 e. The van der Waals surface area contributed by atoms with Gasteiger partial charge in [0.1, 0.15) is 0 Å². The smallest absolute Gasteiger partial charge is 0.261 e. The molecule has 1 aromatic heterocycles. The van der Waals surface area contributed by atoms with Gasteiger partial charge in [0.05, 0.1) is 30.3 Å². The van der Waals surface area contributed by atoms with Crippen molar-refractivity contribution in [3.05, 3.63) is 45.5 Å². The van der Waals surface area contributed by atoms with Gasteiger partial charge in [0, 0.05) is 19.2 Å². The highest BCUT2D eigenvalue weighted by atomic mass is 32.1. The number of carbonyl (C=O) groups excluding carboxylic acids is 3. The van der Waals surface area contributed by atoms with Gasteiger partial charge in [0.15, 0.2) is 10.6 Å². The van der Waals surface area contributed by atoms with Gasteiger partial charge in [0.25, 0.3) is 17.7 Å². The van der Waals surface area contributed by atoms with Crippen LogP contribution in [0.1, 0.15) is 49.7 Å². The fourth-order valence-corrected chi connectivity index (χ4v) is 3.54. The fraction of sp³-hybridized carbons (Fsp3) is 0.389. The SMILES string of the molecule is Cn1c(CNC(=O)c2ccc3c(c2)C(=O)N(CC2CCCO2)C3=O)n[nH]c1=S. The van der Waals surface area contributed by atoms with Gasteiger partial charge in [-0.1, -0.05) is 0 Å². The Morgan fingerprint density at radius 2 is 2.14 bits per heavy atom. The van der Waals surface area contributed by atoms with Crippen LogP contribution in [0, 0.1) is 4.77 Å². The molecule has 2 N–H and O–H groups in total. The number of rotatable bonds is 5. The summed E-state index contributed by atoms with van der Waals surface area (Å²) in [7, 11) is 1.75. The Bertz CT molecular complexity index is 1020. The third-order valence-electron chi connectivity index (χ3n) is 5.02. The second kappa shape index (κ2) is 7.28. The summed E-state index contributed by atoms with van der Waals surface area (Å²) >= 11 is 5.04. The number of fused-ring (bicyclic) bond motifs is 1. The van der Waals surface area contributed by atoms with Crippen LogP contribution in [0.5, 0.6) is 0 Å². The number of imide groups is 1. The molecule has 1 fully saturated rings. The van der Waals surface area contributed by atoms with Gasteiger partial charge in [-0.25, -0.2) is 0 Å². The van der Waals surface area contributed by atoms with Gasteiger partial charge in [-0.05, 0) is 43.3 Å². The number of aromatic amines is 1. The summed E-state index contributed by atoms with van der Waals surface area (Å²) in [4.78, 5) is 38.9. The summed E-state index contributed by atoms with van der Waals surface area (Å²) in [6.07, 6.45) is 1.64. The van der Waals surface area contributed by atoms with Crippen LogP contribution in [-0.2, 0) is 18.3 Å². The van der Waals surface area contributed by atoms with Crippen molar-refractivity contribution in [1.29, 1.82) is 0 Å². The van der Waals surface area contributed by atoms with Crippen LogP contribution in [0.25, 0.3) is 0 Å². The monoisotopic (exact) mass is 401 g/mol. The quantitative estimate of drug-likeness (QED) is 0.575. The fourth-order valence-electron chi connectivity index (χ4n) is 3.39. The molecule has 0 radical (unpaired) electrons. The predicted molar refractivity (Wildman–Crippen MR) is 100 cm³/mol. The molecule has 3 heterocycles. The lowest BCUT2D eigenvalue weighted by atomic mass is 10.1. The topological polar surface area (TPSA) is 109 Å². The molecule has 1 saturated heterocycles. The van der Waals surface area contributed by atoms with Crippen molar-refractivity contribution in [2.75, 3.05) is 13.2 Å². The van der Waals surface area contributed by atoms with E-state index in [0.29, 0.717) is 28.3 Å². The number of hydrogen-bond acceptors (Lipinski definition) is 6. The van der Waals surface area contributed by atoms with Crippen LogP contribution in [-0.4, -0.2) is 56.6 Å². The third kappa shape index (κ3) is 3.25. The van der Waals surface area contributed by atoms with E-state index in [-0.39, 0.29) is 42.5 Å². The van der Waals surface area contributed by atoms with Crippen LogP contribution in [0.3, 0.4) is 0 Å². The molecular formula is C18H19N5O4S. The first-order valence-corrected chi connectivity index (χ1v) is 9.37. The van der Waals surface area contributed by atoms with E-state index in [4.69, 9.17) is 17.0 Å². The van der Waals surface area contributed by atoms with Crippen molar-refractivity contribution in [3.63, 3.8) is 0 Å². The molecule has 2 aliphatic heterocycles. The maximum atomic E-state index is 12.7. The van der Waals surface area contributed by atoms with Crippen LogP contribution >= 0.6 is 12.2 Å². The zero-order chi connectivity index (χ0) is 19.8. The van der Waals surface area contributed by atoms with Crippen LogP contribution in [0.15, 0.2) is 18.2 Å². The molecule has 0 bridgehead atoms. The van der Waals surface area contributed by atoms with Gasteiger partial charge in [-0.2, -0.15) is 5.10 Å². The van der Waals surface area contributed by atoms with Gasteiger partial charge in [-0.15, -0.1) is 0 Å². The number of benzene rings is 1. The number of H-pyrrole nitrogens is 1. The summed E-state index contributed by atoms with van der Waals surface area (Å²) in [5, 5.41) is 9.42. The molecule has 0 aliphatic carbocycles. The zero-order valence-electron chi connectivity index (χ0n) is 15.2. The minimum absolute atomic E-state index is 0.117. The lowest BCUT2D eigenvalue weighted by molar-refractivity contribution is 0.0475. The number of aromatic nitrogens is 3. The van der Waals surface area contributed by atoms with E-state index < -0.39 is 0 Å². The van der Waals surface area contributed by atoms with Gasteiger partial charge in [0.2, 0.25) is 0 Å². The van der Waals surface area contributed by atoms with Crippen molar-refractivity contribution in [1.82, 2.24) is 25.0 Å². The largest absolute Gasteiger partial charge is 0.376 e. The Morgan fingerprint density at radius 1 is 1.36 bits per heavy atom. The summed E-state index contributed by atoms with van der Waals surface area (Å²) in [6, 6.07) is 4.53. The molecule has 146 valence electrons.